The Morgan fingerprint density at radius 1 is 0.680 bits per heavy atom. The van der Waals surface area contributed by atoms with Gasteiger partial charge in [-0.3, -0.25) is 0 Å². The average molecular weight is 524 g/mol. The van der Waals surface area contributed by atoms with E-state index in [0.717, 1.165) is 12.8 Å². The molecule has 0 aliphatic heterocycles. The van der Waals surface area contributed by atoms with Crippen molar-refractivity contribution in [3.05, 3.63) is 89.0 Å². The molecule has 0 amide bonds. The van der Waals surface area contributed by atoms with Crippen LogP contribution in [0.5, 0.6) is 0 Å². The van der Waals surface area contributed by atoms with Crippen LogP contribution in [0.15, 0.2) is 66.7 Å². The number of rotatable bonds is 5. The fraction of sp³-hybridized carbons (Fsp3) is 0.250. The van der Waals surface area contributed by atoms with Gasteiger partial charge in [0.05, 0.1) is 0 Å². The van der Waals surface area contributed by atoms with Gasteiger partial charge in [0.2, 0.25) is 0 Å². The van der Waals surface area contributed by atoms with Gasteiger partial charge in [-0.25, -0.2) is 0 Å². The molecule has 0 atom stereocenters. The third kappa shape index (κ3) is 4.21. The Balaban J connectivity index is 2.19. The number of aryl methyl sites for hydroxylation is 4. The molecular weight excluding hydrogens is 497 g/mol. The summed E-state index contributed by atoms with van der Waals surface area (Å²) >= 11 is -2.27. The first-order valence-electron chi connectivity index (χ1n) is 9.17. The van der Waals surface area contributed by atoms with E-state index in [0.29, 0.717) is 0 Å². The Kier molecular flexibility index (Phi) is 6.07. The van der Waals surface area contributed by atoms with Crippen molar-refractivity contribution in [2.24, 2.45) is 0 Å². The van der Waals surface area contributed by atoms with Crippen molar-refractivity contribution in [1.82, 2.24) is 0 Å². The summed E-state index contributed by atoms with van der Waals surface area (Å²) in [5.41, 5.74) is 5.72. The van der Waals surface area contributed by atoms with Crippen LogP contribution in [0.3, 0.4) is 0 Å². The first-order chi connectivity index (χ1) is 12.1. The minimum absolute atomic E-state index is 1.10. The fourth-order valence-electron chi connectivity index (χ4n) is 3.31. The van der Waals surface area contributed by atoms with Gasteiger partial charge in [0.25, 0.3) is 0 Å². The SMILES string of the molecule is CCc1ccc[c]([Bi]([c]2cccc(CC)c2)[c]2ccc(C)cc2C)c1. The normalized spacial score (nSPS) is 11.1. The molecule has 0 N–H and O–H groups in total. The van der Waals surface area contributed by atoms with Gasteiger partial charge < -0.3 is 0 Å². The van der Waals surface area contributed by atoms with E-state index in [1.807, 2.05) is 0 Å². The van der Waals surface area contributed by atoms with Crippen molar-refractivity contribution in [3.8, 4) is 0 Å². The van der Waals surface area contributed by atoms with Crippen LogP contribution in [0.2, 0.25) is 0 Å². The maximum atomic E-state index is 2.47. The van der Waals surface area contributed by atoms with Crippen LogP contribution in [0.25, 0.3) is 0 Å². The zero-order valence-electron chi connectivity index (χ0n) is 15.7. The van der Waals surface area contributed by atoms with Gasteiger partial charge in [-0.05, 0) is 0 Å². The summed E-state index contributed by atoms with van der Waals surface area (Å²) in [6, 6.07) is 25.7. The van der Waals surface area contributed by atoms with Crippen LogP contribution < -0.4 is 9.81 Å². The van der Waals surface area contributed by atoms with Crippen LogP contribution in [0.4, 0.5) is 0 Å². The predicted octanol–water partition coefficient (Wildman–Crippen LogP) is 3.94. The van der Waals surface area contributed by atoms with Crippen LogP contribution >= 0.6 is 0 Å². The molecule has 25 heavy (non-hydrogen) atoms. The molecule has 0 heterocycles. The minimum atomic E-state index is -2.27. The Bertz CT molecular complexity index is 816. The van der Waals surface area contributed by atoms with Crippen LogP contribution in [-0.4, -0.2) is 21.8 Å². The van der Waals surface area contributed by atoms with Gasteiger partial charge in [-0.1, -0.05) is 0 Å². The number of hydrogen-bond donors (Lipinski definition) is 0. The molecule has 3 aromatic rings. The molecule has 0 fully saturated rings. The topological polar surface area (TPSA) is 0 Å². The zero-order valence-corrected chi connectivity index (χ0v) is 19.2. The monoisotopic (exact) mass is 524 g/mol. The first kappa shape index (κ1) is 18.3. The molecule has 0 bridgehead atoms. The molecule has 0 aliphatic carbocycles. The van der Waals surface area contributed by atoms with Crippen LogP contribution in [0.1, 0.15) is 36.1 Å². The van der Waals surface area contributed by atoms with E-state index in [1.54, 1.807) is 9.81 Å². The molecule has 0 saturated carbocycles. The van der Waals surface area contributed by atoms with Crippen LogP contribution in [0, 0.1) is 13.8 Å². The Morgan fingerprint density at radius 2 is 1.24 bits per heavy atom. The van der Waals surface area contributed by atoms with Gasteiger partial charge in [0.1, 0.15) is 0 Å². The summed E-state index contributed by atoms with van der Waals surface area (Å²) in [7, 11) is 0. The quantitative estimate of drug-likeness (QED) is 0.444. The molecule has 0 nitrogen and oxygen atoms in total. The second kappa shape index (κ2) is 8.28. The van der Waals surface area contributed by atoms with E-state index in [4.69, 9.17) is 0 Å². The van der Waals surface area contributed by atoms with Gasteiger partial charge >= 0.3 is 161 Å². The van der Waals surface area contributed by atoms with E-state index in [1.165, 1.54) is 22.3 Å². The molecule has 0 radical (unpaired) electrons. The van der Waals surface area contributed by atoms with Gasteiger partial charge in [-0.15, -0.1) is 0 Å². The van der Waals surface area contributed by atoms with E-state index in [-0.39, 0.29) is 0 Å². The summed E-state index contributed by atoms with van der Waals surface area (Å²) in [6.45, 7) is 8.98. The summed E-state index contributed by atoms with van der Waals surface area (Å²) in [6.07, 6.45) is 2.21. The summed E-state index contributed by atoms with van der Waals surface area (Å²) < 4.78 is 4.80. The molecule has 0 unspecified atom stereocenters. The fourth-order valence-corrected chi connectivity index (χ4v) is 13.2. The molecule has 1 heteroatoms. The van der Waals surface area contributed by atoms with E-state index >= 15 is 0 Å². The van der Waals surface area contributed by atoms with E-state index < -0.39 is 21.8 Å². The van der Waals surface area contributed by atoms with Gasteiger partial charge in [-0.2, -0.15) is 0 Å². The zero-order chi connectivity index (χ0) is 17.8. The second-order valence-corrected chi connectivity index (χ2v) is 15.2. The summed E-state index contributed by atoms with van der Waals surface area (Å²) in [5, 5.41) is 0. The second-order valence-electron chi connectivity index (χ2n) is 6.67. The summed E-state index contributed by atoms with van der Waals surface area (Å²) in [5.74, 6) is 0. The molecule has 0 saturated heterocycles. The van der Waals surface area contributed by atoms with Crippen molar-refractivity contribution < 1.29 is 0 Å². The molecule has 3 rings (SSSR count). The third-order valence-electron chi connectivity index (χ3n) is 4.75. The van der Waals surface area contributed by atoms with Crippen molar-refractivity contribution in [3.63, 3.8) is 0 Å². The molecular formula is C24H27Bi. The first-order valence-corrected chi connectivity index (χ1v) is 14.4. The molecule has 3 aromatic carbocycles. The number of benzene rings is 3. The molecule has 0 aliphatic rings. The number of hydrogen-bond acceptors (Lipinski definition) is 0. The standard InChI is InChI=1S/3C8H9.Bi/c1-7-4-3-5-8(2)6-7;2*1-2-8-6-4-3-5-7-8;/h3-4,6H,1-2H3;2*3-4,6-7H,2H2,1H3;. The van der Waals surface area contributed by atoms with Crippen molar-refractivity contribution in [2.75, 3.05) is 0 Å². The van der Waals surface area contributed by atoms with Crippen LogP contribution in [-0.2, 0) is 12.8 Å². The van der Waals surface area contributed by atoms with Gasteiger partial charge in [0.15, 0.2) is 0 Å². The third-order valence-corrected chi connectivity index (χ3v) is 14.7. The van der Waals surface area contributed by atoms with Crippen molar-refractivity contribution in [2.45, 2.75) is 40.5 Å². The summed E-state index contributed by atoms with van der Waals surface area (Å²) in [4.78, 5) is 0. The predicted molar refractivity (Wildman–Crippen MR) is 112 cm³/mol. The molecule has 0 aromatic heterocycles. The molecule has 0 spiro atoms. The Labute approximate surface area is 160 Å². The van der Waals surface area contributed by atoms with Crippen molar-refractivity contribution >= 4 is 31.6 Å². The van der Waals surface area contributed by atoms with E-state index in [9.17, 15) is 0 Å². The average Bonchev–Trinajstić information content (AvgIpc) is 2.64. The Morgan fingerprint density at radius 3 is 1.72 bits per heavy atom. The molecule has 128 valence electrons. The van der Waals surface area contributed by atoms with Gasteiger partial charge in [0, 0.05) is 0 Å². The van der Waals surface area contributed by atoms with E-state index in [2.05, 4.69) is 94.4 Å². The maximum absolute atomic E-state index is 2.47. The van der Waals surface area contributed by atoms with Crippen molar-refractivity contribution in [1.29, 1.82) is 0 Å². The Hall–Kier alpha value is -1.46.